The summed E-state index contributed by atoms with van der Waals surface area (Å²) in [7, 11) is 0. The Kier molecular flexibility index (Phi) is 11.3. The van der Waals surface area contributed by atoms with Crippen LogP contribution in [0.25, 0.3) is 0 Å². The van der Waals surface area contributed by atoms with Crippen LogP contribution in [0, 0.1) is 0 Å². The third-order valence-electron chi connectivity index (χ3n) is 3.08. The van der Waals surface area contributed by atoms with Gasteiger partial charge in [0.15, 0.2) is 0 Å². The molecule has 6 nitrogen and oxygen atoms in total. The van der Waals surface area contributed by atoms with Crippen molar-refractivity contribution in [1.29, 1.82) is 0 Å². The second-order valence-electron chi connectivity index (χ2n) is 5.19. The topological polar surface area (TPSA) is 98.5 Å². The molecule has 3 N–H and O–H groups in total. The lowest BCUT2D eigenvalue weighted by Crippen LogP contribution is -2.41. The van der Waals surface area contributed by atoms with Gasteiger partial charge in [0.1, 0.15) is 6.04 Å². The summed E-state index contributed by atoms with van der Waals surface area (Å²) in [5, 5.41) is 2.48. The molecule has 0 saturated carbocycles. The molecule has 0 aromatic carbocycles. The Balaban J connectivity index is 3.93. The molecule has 0 aliphatic heterocycles. The quantitative estimate of drug-likeness (QED) is 0.423. The first kappa shape index (κ1) is 19.4. The van der Waals surface area contributed by atoms with Crippen LogP contribution in [0.3, 0.4) is 0 Å². The van der Waals surface area contributed by atoms with E-state index in [4.69, 9.17) is 10.5 Å². The number of unbranched alkanes of at least 4 members (excludes halogenated alkanes) is 5. The van der Waals surface area contributed by atoms with E-state index in [2.05, 4.69) is 12.2 Å². The molecule has 0 heterocycles. The number of esters is 1. The summed E-state index contributed by atoms with van der Waals surface area (Å²) in [6, 6.07) is -0.796. The highest BCUT2D eigenvalue weighted by atomic mass is 16.5. The highest BCUT2D eigenvalue weighted by molar-refractivity contribution is 5.84. The van der Waals surface area contributed by atoms with Gasteiger partial charge in [0.05, 0.1) is 6.61 Å². The largest absolute Gasteiger partial charge is 0.464 e. The van der Waals surface area contributed by atoms with Crippen LogP contribution in [0.4, 0.5) is 0 Å². The molecule has 0 saturated heterocycles. The smallest absolute Gasteiger partial charge is 0.328 e. The van der Waals surface area contributed by atoms with E-state index in [1.54, 1.807) is 0 Å². The number of nitrogens with two attached hydrogens (primary N) is 1. The van der Waals surface area contributed by atoms with Crippen LogP contribution >= 0.6 is 0 Å². The number of carbonyl (C=O) groups is 3. The molecule has 0 bridgehead atoms. The lowest BCUT2D eigenvalue weighted by Gasteiger charge is -2.16. The maximum absolute atomic E-state index is 11.8. The minimum Gasteiger partial charge on any atom is -0.464 e. The van der Waals surface area contributed by atoms with E-state index in [1.165, 1.54) is 26.2 Å². The van der Waals surface area contributed by atoms with Crippen molar-refractivity contribution in [3.8, 4) is 0 Å². The summed E-state index contributed by atoms with van der Waals surface area (Å²) >= 11 is 0. The molecule has 1 atom stereocenters. The number of amides is 2. The Bertz CT molecular complexity index is 332. The van der Waals surface area contributed by atoms with Crippen LogP contribution in [0.5, 0.6) is 0 Å². The van der Waals surface area contributed by atoms with Gasteiger partial charge in [-0.05, 0) is 12.8 Å². The van der Waals surface area contributed by atoms with Gasteiger partial charge in [0, 0.05) is 13.3 Å². The molecular weight excluding hydrogens is 272 g/mol. The molecule has 0 aromatic rings. The van der Waals surface area contributed by atoms with Crippen molar-refractivity contribution >= 4 is 17.8 Å². The summed E-state index contributed by atoms with van der Waals surface area (Å²) in [4.78, 5) is 33.6. The monoisotopic (exact) mass is 300 g/mol. The number of rotatable bonds is 12. The van der Waals surface area contributed by atoms with Crippen molar-refractivity contribution < 1.29 is 19.1 Å². The van der Waals surface area contributed by atoms with Gasteiger partial charge in [-0.3, -0.25) is 9.59 Å². The number of primary amides is 1. The Morgan fingerprint density at radius 2 is 1.71 bits per heavy atom. The zero-order chi connectivity index (χ0) is 16.1. The number of carbonyl (C=O) groups excluding carboxylic acids is 3. The lowest BCUT2D eigenvalue weighted by molar-refractivity contribution is -0.148. The first-order valence-electron chi connectivity index (χ1n) is 7.69. The predicted molar refractivity (Wildman–Crippen MR) is 80.4 cm³/mol. The number of hydrogen-bond acceptors (Lipinski definition) is 4. The third-order valence-corrected chi connectivity index (χ3v) is 3.08. The fourth-order valence-electron chi connectivity index (χ4n) is 1.94. The number of ether oxygens (including phenoxy) is 1. The summed E-state index contributed by atoms with van der Waals surface area (Å²) in [5.41, 5.74) is 5.05. The van der Waals surface area contributed by atoms with Crippen molar-refractivity contribution in [2.45, 2.75) is 71.3 Å². The zero-order valence-electron chi connectivity index (χ0n) is 13.2. The molecule has 0 spiro atoms. The van der Waals surface area contributed by atoms with Crippen molar-refractivity contribution in [2.24, 2.45) is 5.73 Å². The van der Waals surface area contributed by atoms with Crippen molar-refractivity contribution in [3.63, 3.8) is 0 Å². The van der Waals surface area contributed by atoms with E-state index < -0.39 is 17.9 Å². The molecule has 0 aliphatic rings. The number of nitrogens with one attached hydrogen (secondary N) is 1. The van der Waals surface area contributed by atoms with Crippen molar-refractivity contribution in [2.75, 3.05) is 6.61 Å². The van der Waals surface area contributed by atoms with E-state index in [9.17, 15) is 14.4 Å². The molecule has 0 aliphatic carbocycles. The summed E-state index contributed by atoms with van der Waals surface area (Å²) in [6.07, 6.45) is 6.84. The molecular formula is C15H28N2O4. The van der Waals surface area contributed by atoms with E-state index in [1.807, 2.05) is 0 Å². The van der Waals surface area contributed by atoms with Crippen LogP contribution in [0.15, 0.2) is 0 Å². The maximum atomic E-state index is 11.8. The first-order valence-corrected chi connectivity index (χ1v) is 7.69. The second kappa shape index (κ2) is 12.2. The van der Waals surface area contributed by atoms with Gasteiger partial charge in [-0.25, -0.2) is 4.79 Å². The van der Waals surface area contributed by atoms with Crippen LogP contribution in [0.2, 0.25) is 0 Å². The van der Waals surface area contributed by atoms with Gasteiger partial charge >= 0.3 is 5.97 Å². The van der Waals surface area contributed by atoms with Gasteiger partial charge in [0.25, 0.3) is 0 Å². The van der Waals surface area contributed by atoms with Crippen LogP contribution < -0.4 is 11.1 Å². The Hall–Kier alpha value is -1.59. The lowest BCUT2D eigenvalue weighted by atomic mass is 10.1. The summed E-state index contributed by atoms with van der Waals surface area (Å²) < 4.78 is 5.14. The Labute approximate surface area is 126 Å². The van der Waals surface area contributed by atoms with E-state index in [0.29, 0.717) is 6.61 Å². The van der Waals surface area contributed by atoms with Gasteiger partial charge in [-0.15, -0.1) is 0 Å². The van der Waals surface area contributed by atoms with Gasteiger partial charge in [0.2, 0.25) is 11.8 Å². The normalized spacial score (nSPS) is 11.7. The SMILES string of the molecule is CCCCCCCCOC(=O)C(CCC(N)=O)NC(C)=O. The highest BCUT2D eigenvalue weighted by Crippen LogP contribution is 2.06. The Morgan fingerprint density at radius 3 is 2.29 bits per heavy atom. The van der Waals surface area contributed by atoms with E-state index >= 15 is 0 Å². The summed E-state index contributed by atoms with van der Waals surface area (Å²) in [6.45, 7) is 3.83. The van der Waals surface area contributed by atoms with Crippen molar-refractivity contribution in [3.05, 3.63) is 0 Å². The zero-order valence-corrected chi connectivity index (χ0v) is 13.2. The average Bonchev–Trinajstić information content (AvgIpc) is 2.41. The van der Waals surface area contributed by atoms with E-state index in [-0.39, 0.29) is 18.7 Å². The minimum atomic E-state index is -0.796. The second-order valence-corrected chi connectivity index (χ2v) is 5.19. The minimum absolute atomic E-state index is 0.0388. The molecule has 0 rings (SSSR count). The predicted octanol–water partition coefficient (Wildman–Crippen LogP) is 1.66. The van der Waals surface area contributed by atoms with Crippen LogP contribution in [-0.2, 0) is 19.1 Å². The maximum Gasteiger partial charge on any atom is 0.328 e. The fourth-order valence-corrected chi connectivity index (χ4v) is 1.94. The van der Waals surface area contributed by atoms with Crippen LogP contribution in [-0.4, -0.2) is 30.4 Å². The first-order chi connectivity index (χ1) is 9.97. The fraction of sp³-hybridized carbons (Fsp3) is 0.800. The molecule has 122 valence electrons. The third kappa shape index (κ3) is 11.9. The molecule has 0 aromatic heterocycles. The van der Waals surface area contributed by atoms with Crippen molar-refractivity contribution in [1.82, 2.24) is 5.32 Å². The highest BCUT2D eigenvalue weighted by Gasteiger charge is 2.21. The molecule has 6 heteroatoms. The number of hydrogen-bond donors (Lipinski definition) is 2. The molecule has 21 heavy (non-hydrogen) atoms. The van der Waals surface area contributed by atoms with Gasteiger partial charge in [-0.1, -0.05) is 39.0 Å². The summed E-state index contributed by atoms with van der Waals surface area (Å²) in [5.74, 6) is -1.34. The Morgan fingerprint density at radius 1 is 1.10 bits per heavy atom. The molecule has 0 radical (unpaired) electrons. The standard InChI is InChI=1S/C15H28N2O4/c1-3-4-5-6-7-8-11-21-15(20)13(17-12(2)18)9-10-14(16)19/h13H,3-11H2,1-2H3,(H2,16,19)(H,17,18). The van der Waals surface area contributed by atoms with Crippen LogP contribution in [0.1, 0.15) is 65.2 Å². The van der Waals surface area contributed by atoms with E-state index in [0.717, 1.165) is 19.3 Å². The van der Waals surface area contributed by atoms with Gasteiger partial charge in [-0.2, -0.15) is 0 Å². The average molecular weight is 300 g/mol. The van der Waals surface area contributed by atoms with Gasteiger partial charge < -0.3 is 15.8 Å². The molecule has 2 amide bonds. The molecule has 0 fully saturated rings. The molecule has 1 unspecified atom stereocenters.